The van der Waals surface area contributed by atoms with Crippen LogP contribution >= 0.6 is 0 Å². The molecular formula is C33H30N2O4. The first-order chi connectivity index (χ1) is 19.0. The number of rotatable bonds is 10. The molecule has 0 saturated carbocycles. The van der Waals surface area contributed by atoms with Gasteiger partial charge in [-0.2, -0.15) is 0 Å². The Morgan fingerprint density at radius 2 is 1.36 bits per heavy atom. The van der Waals surface area contributed by atoms with Crippen molar-refractivity contribution in [3.63, 3.8) is 0 Å². The van der Waals surface area contributed by atoms with Gasteiger partial charge in [-0.3, -0.25) is 9.59 Å². The van der Waals surface area contributed by atoms with Crippen molar-refractivity contribution in [3.05, 3.63) is 138 Å². The Kier molecular flexibility index (Phi) is 9.40. The number of carbonyl (C=O) groups excluding carboxylic acids is 3. The van der Waals surface area contributed by atoms with Gasteiger partial charge in [0.2, 0.25) is 5.91 Å². The molecule has 0 aromatic heterocycles. The molecular weight excluding hydrogens is 488 g/mol. The third kappa shape index (κ3) is 8.01. The van der Waals surface area contributed by atoms with E-state index in [1.165, 1.54) is 13.2 Å². The fraction of sp³-hybridized carbons (Fsp3) is 0.121. The number of nitrogens with one attached hydrogen (secondary N) is 2. The van der Waals surface area contributed by atoms with Crippen molar-refractivity contribution >= 4 is 23.9 Å². The van der Waals surface area contributed by atoms with E-state index in [0.717, 1.165) is 27.8 Å². The maximum absolute atomic E-state index is 12.8. The van der Waals surface area contributed by atoms with Crippen molar-refractivity contribution in [2.75, 3.05) is 7.11 Å². The first-order valence-corrected chi connectivity index (χ1v) is 12.6. The Morgan fingerprint density at radius 3 is 2.00 bits per heavy atom. The summed E-state index contributed by atoms with van der Waals surface area (Å²) in [7, 11) is 1.30. The van der Waals surface area contributed by atoms with E-state index >= 15 is 0 Å². The van der Waals surface area contributed by atoms with Crippen LogP contribution in [-0.4, -0.2) is 30.9 Å². The normalized spacial score (nSPS) is 11.5. The molecule has 0 radical (unpaired) electrons. The van der Waals surface area contributed by atoms with Gasteiger partial charge in [0.05, 0.1) is 7.11 Å². The number of ether oxygens (including phenoxy) is 1. The lowest BCUT2D eigenvalue weighted by molar-refractivity contribution is -0.142. The van der Waals surface area contributed by atoms with Gasteiger partial charge in [0.1, 0.15) is 6.04 Å². The second-order valence-electron chi connectivity index (χ2n) is 8.98. The Balaban J connectivity index is 1.28. The lowest BCUT2D eigenvalue weighted by Crippen LogP contribution is -2.43. The Morgan fingerprint density at radius 1 is 0.744 bits per heavy atom. The molecule has 0 saturated heterocycles. The fourth-order valence-corrected chi connectivity index (χ4v) is 4.04. The van der Waals surface area contributed by atoms with Crippen molar-refractivity contribution in [2.45, 2.75) is 19.0 Å². The van der Waals surface area contributed by atoms with Crippen LogP contribution in [0.25, 0.3) is 17.2 Å². The summed E-state index contributed by atoms with van der Waals surface area (Å²) in [4.78, 5) is 37.3. The fourth-order valence-electron chi connectivity index (χ4n) is 4.04. The molecule has 4 rings (SSSR count). The highest BCUT2D eigenvalue weighted by Crippen LogP contribution is 2.19. The van der Waals surface area contributed by atoms with E-state index in [4.69, 9.17) is 4.74 Å². The SMILES string of the molecule is COC(=O)[C@H](Cc1ccccc1)NC(=O)c1ccc(CNC(=O)/C=C/c2ccc(-c3ccccc3)cc2)cc1. The second-order valence-corrected chi connectivity index (χ2v) is 8.98. The molecule has 0 unspecified atom stereocenters. The summed E-state index contributed by atoms with van der Waals surface area (Å²) in [6.07, 6.45) is 3.60. The van der Waals surface area contributed by atoms with Crippen molar-refractivity contribution < 1.29 is 19.1 Å². The quantitative estimate of drug-likeness (QED) is 0.223. The van der Waals surface area contributed by atoms with Crippen molar-refractivity contribution in [1.82, 2.24) is 10.6 Å². The van der Waals surface area contributed by atoms with E-state index in [2.05, 4.69) is 22.8 Å². The number of amides is 2. The summed E-state index contributed by atoms with van der Waals surface area (Å²) in [5.74, 6) is -1.10. The van der Waals surface area contributed by atoms with Crippen molar-refractivity contribution in [3.8, 4) is 11.1 Å². The number of esters is 1. The molecule has 0 aliphatic rings. The van der Waals surface area contributed by atoms with Gasteiger partial charge in [0.25, 0.3) is 5.91 Å². The highest BCUT2D eigenvalue weighted by atomic mass is 16.5. The van der Waals surface area contributed by atoms with Crippen LogP contribution in [0.4, 0.5) is 0 Å². The number of benzene rings is 4. The molecule has 2 N–H and O–H groups in total. The van der Waals surface area contributed by atoms with Gasteiger partial charge >= 0.3 is 5.97 Å². The summed E-state index contributed by atoms with van der Waals surface area (Å²) in [6, 6.07) is 33.6. The van der Waals surface area contributed by atoms with Crippen LogP contribution in [0.1, 0.15) is 27.0 Å². The van der Waals surface area contributed by atoms with E-state index < -0.39 is 12.0 Å². The lowest BCUT2D eigenvalue weighted by atomic mass is 10.0. The van der Waals surface area contributed by atoms with Crippen molar-refractivity contribution in [2.24, 2.45) is 0 Å². The van der Waals surface area contributed by atoms with Crippen LogP contribution in [-0.2, 0) is 27.3 Å². The van der Waals surface area contributed by atoms with Crippen LogP contribution < -0.4 is 10.6 Å². The first kappa shape index (κ1) is 27.1. The molecule has 0 aliphatic carbocycles. The summed E-state index contributed by atoms with van der Waals surface area (Å²) in [6.45, 7) is 0.316. The second kappa shape index (κ2) is 13.5. The van der Waals surface area contributed by atoms with Crippen LogP contribution in [0.3, 0.4) is 0 Å². The predicted molar refractivity (Wildman–Crippen MR) is 153 cm³/mol. The predicted octanol–water partition coefficient (Wildman–Crippen LogP) is 5.20. The topological polar surface area (TPSA) is 84.5 Å². The zero-order valence-corrected chi connectivity index (χ0v) is 21.7. The third-order valence-electron chi connectivity index (χ3n) is 6.20. The molecule has 6 heteroatoms. The molecule has 39 heavy (non-hydrogen) atoms. The van der Waals surface area contributed by atoms with Gasteiger partial charge < -0.3 is 15.4 Å². The standard InChI is InChI=1S/C33H30N2O4/c1-39-33(38)30(22-25-8-4-2-5-9-25)35-32(37)29-19-14-26(15-20-29)23-34-31(36)21-16-24-12-17-28(18-13-24)27-10-6-3-7-11-27/h2-21,30H,22-23H2,1H3,(H,34,36)(H,35,37)/b21-16+/t30-/m0/s1. The average Bonchev–Trinajstić information content (AvgIpc) is 2.99. The number of hydrogen-bond donors (Lipinski definition) is 2. The molecule has 0 fully saturated rings. The smallest absolute Gasteiger partial charge is 0.328 e. The van der Waals surface area contributed by atoms with Crippen LogP contribution in [0, 0.1) is 0 Å². The maximum atomic E-state index is 12.8. The molecule has 1 atom stereocenters. The van der Waals surface area contributed by atoms with E-state index in [9.17, 15) is 14.4 Å². The zero-order chi connectivity index (χ0) is 27.5. The van der Waals surface area contributed by atoms with Crippen LogP contribution in [0.2, 0.25) is 0 Å². The minimum atomic E-state index is -0.801. The molecule has 0 bridgehead atoms. The van der Waals surface area contributed by atoms with E-state index in [0.29, 0.717) is 18.5 Å². The maximum Gasteiger partial charge on any atom is 0.328 e. The Hall–Kier alpha value is -4.97. The Labute approximate surface area is 228 Å². The largest absolute Gasteiger partial charge is 0.467 e. The summed E-state index contributed by atoms with van der Waals surface area (Å²) < 4.78 is 4.87. The first-order valence-electron chi connectivity index (χ1n) is 12.6. The highest BCUT2D eigenvalue weighted by molar-refractivity contribution is 5.97. The molecule has 6 nitrogen and oxygen atoms in total. The monoisotopic (exact) mass is 518 g/mol. The lowest BCUT2D eigenvalue weighted by Gasteiger charge is -2.17. The van der Waals surface area contributed by atoms with E-state index in [1.54, 1.807) is 30.3 Å². The van der Waals surface area contributed by atoms with Gasteiger partial charge in [0, 0.05) is 24.6 Å². The average molecular weight is 519 g/mol. The summed E-state index contributed by atoms with van der Waals surface area (Å²) in [5.41, 5.74) is 5.35. The van der Waals surface area contributed by atoms with Crippen LogP contribution in [0.5, 0.6) is 0 Å². The van der Waals surface area contributed by atoms with Crippen LogP contribution in [0.15, 0.2) is 115 Å². The molecule has 4 aromatic carbocycles. The van der Waals surface area contributed by atoms with Gasteiger partial charge in [0.15, 0.2) is 0 Å². The van der Waals surface area contributed by atoms with Gasteiger partial charge in [-0.25, -0.2) is 4.79 Å². The molecule has 0 spiro atoms. The molecule has 0 heterocycles. The van der Waals surface area contributed by atoms with Gasteiger partial charge in [-0.1, -0.05) is 97.1 Å². The van der Waals surface area contributed by atoms with E-state index in [-0.39, 0.29) is 11.8 Å². The minimum absolute atomic E-state index is 0.217. The third-order valence-corrected chi connectivity index (χ3v) is 6.20. The molecule has 4 aromatic rings. The minimum Gasteiger partial charge on any atom is -0.467 e. The zero-order valence-electron chi connectivity index (χ0n) is 21.7. The number of methoxy groups -OCH3 is 1. The Bertz CT molecular complexity index is 1410. The molecule has 2 amide bonds. The molecule has 196 valence electrons. The summed E-state index contributed by atoms with van der Waals surface area (Å²) >= 11 is 0. The number of hydrogen-bond acceptors (Lipinski definition) is 4. The summed E-state index contributed by atoms with van der Waals surface area (Å²) in [5, 5.41) is 5.60. The van der Waals surface area contributed by atoms with Gasteiger partial charge in [-0.05, 0) is 46.0 Å². The molecule has 0 aliphatic heterocycles. The highest BCUT2D eigenvalue weighted by Gasteiger charge is 2.22. The number of carbonyl (C=O) groups is 3. The van der Waals surface area contributed by atoms with Gasteiger partial charge in [-0.15, -0.1) is 0 Å². The van der Waals surface area contributed by atoms with Crippen molar-refractivity contribution in [1.29, 1.82) is 0 Å². The van der Waals surface area contributed by atoms with E-state index in [1.807, 2.05) is 72.8 Å².